The zero-order valence-electron chi connectivity index (χ0n) is 17.1. The first kappa shape index (κ1) is 18.6. The minimum Gasteiger partial charge on any atom is -0.472 e. The zero-order chi connectivity index (χ0) is 19.9. The van der Waals surface area contributed by atoms with Crippen LogP contribution in [-0.2, 0) is 11.3 Å². The van der Waals surface area contributed by atoms with Crippen LogP contribution in [0.3, 0.4) is 0 Å². The van der Waals surface area contributed by atoms with Crippen molar-refractivity contribution >= 4 is 11.9 Å². The molecule has 2 spiro atoms. The number of carbonyl (C=O) groups is 1. The molecule has 3 saturated heterocycles. The molecule has 0 radical (unpaired) electrons. The third-order valence-electron chi connectivity index (χ3n) is 7.49. The highest BCUT2D eigenvalue weighted by Crippen LogP contribution is 2.58. The molecule has 0 bridgehead atoms. The van der Waals surface area contributed by atoms with Gasteiger partial charge in [0.1, 0.15) is 0 Å². The first-order valence-corrected chi connectivity index (χ1v) is 10.7. The van der Waals surface area contributed by atoms with Gasteiger partial charge in [-0.25, -0.2) is 9.97 Å². The number of hydrogen-bond acceptors (Lipinski definition) is 6. The SMILES string of the molecule is CCN1CC[C@]2(CN(c3ncccn3)CC23CCN(Cc2ccoc2)CC3)C1=O. The number of likely N-dealkylation sites (tertiary alicyclic amines) is 2. The van der Waals surface area contributed by atoms with Crippen molar-refractivity contribution < 1.29 is 9.21 Å². The van der Waals surface area contributed by atoms with E-state index in [0.717, 1.165) is 71.0 Å². The summed E-state index contributed by atoms with van der Waals surface area (Å²) >= 11 is 0. The maximum Gasteiger partial charge on any atom is 0.231 e. The fourth-order valence-corrected chi connectivity index (χ4v) is 5.86. The molecule has 5 rings (SSSR count). The molecule has 0 aromatic carbocycles. The Bertz CT molecular complexity index is 847. The average molecular weight is 396 g/mol. The third-order valence-corrected chi connectivity index (χ3v) is 7.49. The smallest absolute Gasteiger partial charge is 0.231 e. The van der Waals surface area contributed by atoms with Gasteiger partial charge in [-0.2, -0.15) is 0 Å². The molecule has 0 unspecified atom stereocenters. The van der Waals surface area contributed by atoms with Gasteiger partial charge in [0, 0.05) is 56.1 Å². The molecule has 7 nitrogen and oxygen atoms in total. The van der Waals surface area contributed by atoms with Crippen LogP contribution in [0, 0.1) is 10.8 Å². The van der Waals surface area contributed by atoms with Crippen molar-refractivity contribution in [2.75, 3.05) is 44.2 Å². The van der Waals surface area contributed by atoms with E-state index in [1.165, 1.54) is 5.56 Å². The van der Waals surface area contributed by atoms with Crippen LogP contribution < -0.4 is 4.90 Å². The van der Waals surface area contributed by atoms with Crippen LogP contribution in [0.1, 0.15) is 31.7 Å². The highest BCUT2D eigenvalue weighted by molar-refractivity contribution is 5.87. The molecular formula is C22H29N5O2. The molecule has 0 N–H and O–H groups in total. The Kier molecular flexibility index (Phi) is 4.57. The minimum absolute atomic E-state index is 0.000100. The first-order chi connectivity index (χ1) is 14.2. The lowest BCUT2D eigenvalue weighted by Gasteiger charge is -2.46. The van der Waals surface area contributed by atoms with Gasteiger partial charge in [-0.05, 0) is 51.4 Å². The molecule has 1 amide bonds. The molecule has 2 aromatic rings. The molecule has 154 valence electrons. The summed E-state index contributed by atoms with van der Waals surface area (Å²) in [4.78, 5) is 29.4. The number of rotatable bonds is 4. The predicted molar refractivity (Wildman–Crippen MR) is 109 cm³/mol. The lowest BCUT2D eigenvalue weighted by molar-refractivity contribution is -0.142. The van der Waals surface area contributed by atoms with Crippen molar-refractivity contribution in [2.24, 2.45) is 10.8 Å². The van der Waals surface area contributed by atoms with Crippen LogP contribution in [0.25, 0.3) is 0 Å². The highest BCUT2D eigenvalue weighted by Gasteiger charge is 2.65. The van der Waals surface area contributed by atoms with Gasteiger partial charge < -0.3 is 14.2 Å². The van der Waals surface area contributed by atoms with Gasteiger partial charge in [0.2, 0.25) is 11.9 Å². The normalized spacial score (nSPS) is 26.9. The summed E-state index contributed by atoms with van der Waals surface area (Å²) in [7, 11) is 0. The molecule has 1 atom stereocenters. The van der Waals surface area contributed by atoms with Crippen molar-refractivity contribution in [3.8, 4) is 0 Å². The van der Waals surface area contributed by atoms with E-state index in [4.69, 9.17) is 4.42 Å². The maximum atomic E-state index is 13.6. The Morgan fingerprint density at radius 3 is 2.55 bits per heavy atom. The second-order valence-corrected chi connectivity index (χ2v) is 8.81. The first-order valence-electron chi connectivity index (χ1n) is 10.7. The Morgan fingerprint density at radius 1 is 1.10 bits per heavy atom. The number of furan rings is 1. The van der Waals surface area contributed by atoms with Crippen LogP contribution in [0.4, 0.5) is 5.95 Å². The number of fused-ring (bicyclic) bond motifs is 1. The van der Waals surface area contributed by atoms with Crippen LogP contribution in [-0.4, -0.2) is 64.9 Å². The van der Waals surface area contributed by atoms with E-state index in [1.54, 1.807) is 18.7 Å². The molecule has 3 fully saturated rings. The summed E-state index contributed by atoms with van der Waals surface area (Å²) in [6.45, 7) is 8.31. The van der Waals surface area contributed by atoms with Crippen LogP contribution in [0.15, 0.2) is 41.5 Å². The molecule has 0 saturated carbocycles. The molecular weight excluding hydrogens is 366 g/mol. The van der Waals surface area contributed by atoms with E-state index in [1.807, 2.05) is 18.4 Å². The van der Waals surface area contributed by atoms with Crippen molar-refractivity contribution in [1.29, 1.82) is 0 Å². The monoisotopic (exact) mass is 395 g/mol. The van der Waals surface area contributed by atoms with Crippen LogP contribution in [0.5, 0.6) is 0 Å². The van der Waals surface area contributed by atoms with Crippen LogP contribution >= 0.6 is 0 Å². The quantitative estimate of drug-likeness (QED) is 0.792. The van der Waals surface area contributed by atoms with Gasteiger partial charge in [0.25, 0.3) is 0 Å². The van der Waals surface area contributed by atoms with Gasteiger partial charge in [0.15, 0.2) is 0 Å². The largest absolute Gasteiger partial charge is 0.472 e. The number of anilines is 1. The number of hydrogen-bond donors (Lipinski definition) is 0. The Morgan fingerprint density at radius 2 is 1.90 bits per heavy atom. The number of piperidine rings is 1. The summed E-state index contributed by atoms with van der Waals surface area (Å²) < 4.78 is 5.23. The van der Waals surface area contributed by atoms with E-state index in [-0.39, 0.29) is 10.8 Å². The predicted octanol–water partition coefficient (Wildman–Crippen LogP) is 2.41. The summed E-state index contributed by atoms with van der Waals surface area (Å²) in [6.07, 6.45) is 10.2. The van der Waals surface area contributed by atoms with Crippen molar-refractivity contribution in [1.82, 2.24) is 19.8 Å². The second kappa shape index (κ2) is 7.13. The molecule has 3 aliphatic heterocycles. The van der Waals surface area contributed by atoms with Crippen molar-refractivity contribution in [3.05, 3.63) is 42.6 Å². The van der Waals surface area contributed by atoms with Gasteiger partial charge in [0.05, 0.1) is 17.9 Å². The molecule has 29 heavy (non-hydrogen) atoms. The van der Waals surface area contributed by atoms with E-state index in [9.17, 15) is 4.79 Å². The summed E-state index contributed by atoms with van der Waals surface area (Å²) in [5.74, 6) is 1.11. The van der Waals surface area contributed by atoms with E-state index >= 15 is 0 Å². The number of carbonyl (C=O) groups excluding carboxylic acids is 1. The molecule has 7 heteroatoms. The fourth-order valence-electron chi connectivity index (χ4n) is 5.86. The third kappa shape index (κ3) is 2.94. The lowest BCUT2D eigenvalue weighted by atomic mass is 9.60. The molecule has 3 aliphatic rings. The molecule has 5 heterocycles. The zero-order valence-corrected chi connectivity index (χ0v) is 17.1. The van der Waals surface area contributed by atoms with Crippen molar-refractivity contribution in [3.63, 3.8) is 0 Å². The Hall–Kier alpha value is -2.41. The maximum absolute atomic E-state index is 13.6. The number of nitrogens with zero attached hydrogens (tertiary/aromatic N) is 5. The van der Waals surface area contributed by atoms with Gasteiger partial charge in [-0.15, -0.1) is 0 Å². The summed E-state index contributed by atoms with van der Waals surface area (Å²) in [5, 5.41) is 0. The number of amides is 1. The van der Waals surface area contributed by atoms with E-state index < -0.39 is 0 Å². The van der Waals surface area contributed by atoms with Crippen molar-refractivity contribution in [2.45, 2.75) is 32.7 Å². The van der Waals surface area contributed by atoms with E-state index in [0.29, 0.717) is 5.91 Å². The molecule has 0 aliphatic carbocycles. The van der Waals surface area contributed by atoms with Gasteiger partial charge >= 0.3 is 0 Å². The molecule has 2 aromatic heterocycles. The van der Waals surface area contributed by atoms with Gasteiger partial charge in [-0.3, -0.25) is 9.69 Å². The lowest BCUT2D eigenvalue weighted by Crippen LogP contribution is -2.52. The van der Waals surface area contributed by atoms with E-state index in [2.05, 4.69) is 31.6 Å². The summed E-state index contributed by atoms with van der Waals surface area (Å²) in [5.41, 5.74) is 0.917. The second-order valence-electron chi connectivity index (χ2n) is 8.81. The Labute approximate surface area is 171 Å². The minimum atomic E-state index is -0.302. The summed E-state index contributed by atoms with van der Waals surface area (Å²) in [6, 6.07) is 3.88. The fraction of sp³-hybridized carbons (Fsp3) is 0.591. The topological polar surface area (TPSA) is 65.7 Å². The Balaban J connectivity index is 1.41. The highest BCUT2D eigenvalue weighted by atomic mass is 16.3. The van der Waals surface area contributed by atoms with Gasteiger partial charge in [-0.1, -0.05) is 0 Å². The number of aromatic nitrogens is 2. The van der Waals surface area contributed by atoms with Crippen LogP contribution in [0.2, 0.25) is 0 Å². The average Bonchev–Trinajstić information content (AvgIpc) is 3.46. The standard InChI is InChI=1S/C22H29N5O2/c1-2-26-12-7-22(19(26)28)17-27(20-23-8-3-9-24-20)16-21(22)5-10-25(11-6-21)14-18-4-13-29-15-18/h3-4,8-9,13,15H,2,5-7,10-12,14,16-17H2,1H3/t22-/m0/s1.